The van der Waals surface area contributed by atoms with Crippen molar-refractivity contribution < 1.29 is 9.59 Å². The summed E-state index contributed by atoms with van der Waals surface area (Å²) < 4.78 is 0. The summed E-state index contributed by atoms with van der Waals surface area (Å²) in [6.45, 7) is 2.66. The van der Waals surface area contributed by atoms with Crippen LogP contribution >= 0.6 is 0 Å². The first kappa shape index (κ1) is 11.7. The first-order valence-corrected chi connectivity index (χ1v) is 5.56. The zero-order chi connectivity index (χ0) is 12.3. The number of carbonyl (C=O) groups excluding carboxylic acids is 2. The lowest BCUT2D eigenvalue weighted by atomic mass is 10.2. The highest BCUT2D eigenvalue weighted by Gasteiger charge is 2.36. The number of hydrogen-bond acceptors (Lipinski definition) is 5. The van der Waals surface area contributed by atoms with Crippen molar-refractivity contribution in [1.29, 1.82) is 0 Å². The lowest BCUT2D eigenvalue weighted by Crippen LogP contribution is -2.38. The van der Waals surface area contributed by atoms with Crippen LogP contribution in [-0.4, -0.2) is 39.5 Å². The maximum absolute atomic E-state index is 11.8. The van der Waals surface area contributed by atoms with Crippen LogP contribution in [0.4, 0.5) is 0 Å². The van der Waals surface area contributed by atoms with Gasteiger partial charge in [0.25, 0.3) is 0 Å². The molecule has 0 radical (unpaired) electrons. The number of hydrogen-bond donors (Lipinski definition) is 1. The average Bonchev–Trinajstić information content (AvgIpc) is 2.63. The zero-order valence-electron chi connectivity index (χ0n) is 9.59. The Balaban J connectivity index is 1.93. The summed E-state index contributed by atoms with van der Waals surface area (Å²) in [5.41, 5.74) is 0.752. The molecule has 1 aromatic rings. The van der Waals surface area contributed by atoms with E-state index in [0.717, 1.165) is 5.69 Å². The molecule has 0 spiro atoms. The predicted octanol–water partition coefficient (Wildman–Crippen LogP) is -0.286. The lowest BCUT2D eigenvalue weighted by Gasteiger charge is -2.12. The van der Waals surface area contributed by atoms with E-state index >= 15 is 0 Å². The van der Waals surface area contributed by atoms with Gasteiger partial charge in [-0.2, -0.15) is 10.2 Å². The standard InChI is InChI=1S/C11H14N4O2/c1-2-15-10(16)6-9(11(15)17)12-7-8-4-3-5-13-14-8/h3-5,9,12H,2,6-7H2,1H3. The van der Waals surface area contributed by atoms with E-state index < -0.39 is 6.04 Å². The van der Waals surface area contributed by atoms with E-state index in [-0.39, 0.29) is 18.2 Å². The van der Waals surface area contributed by atoms with Crippen molar-refractivity contribution in [3.8, 4) is 0 Å². The number of likely N-dealkylation sites (N-methyl/N-ethyl adjacent to an activating group) is 1. The Bertz CT molecular complexity index is 421. The van der Waals surface area contributed by atoms with Crippen molar-refractivity contribution in [1.82, 2.24) is 20.4 Å². The Labute approximate surface area is 99.0 Å². The van der Waals surface area contributed by atoms with E-state index in [1.165, 1.54) is 4.90 Å². The summed E-state index contributed by atoms with van der Waals surface area (Å²) in [7, 11) is 0. The molecule has 2 heterocycles. The fraction of sp³-hybridized carbons (Fsp3) is 0.455. The summed E-state index contributed by atoms with van der Waals surface area (Å²) in [6.07, 6.45) is 1.82. The molecule has 1 atom stereocenters. The Morgan fingerprint density at radius 1 is 1.53 bits per heavy atom. The van der Waals surface area contributed by atoms with Crippen LogP contribution in [-0.2, 0) is 16.1 Å². The molecular formula is C11H14N4O2. The van der Waals surface area contributed by atoms with Gasteiger partial charge < -0.3 is 0 Å². The number of imide groups is 1. The Morgan fingerprint density at radius 2 is 2.35 bits per heavy atom. The van der Waals surface area contributed by atoms with Crippen LogP contribution in [0.3, 0.4) is 0 Å². The van der Waals surface area contributed by atoms with Gasteiger partial charge in [-0.15, -0.1) is 0 Å². The minimum absolute atomic E-state index is 0.117. The van der Waals surface area contributed by atoms with Crippen LogP contribution in [0.1, 0.15) is 19.0 Å². The van der Waals surface area contributed by atoms with Gasteiger partial charge in [0, 0.05) is 19.3 Å². The van der Waals surface area contributed by atoms with Gasteiger partial charge in [0.2, 0.25) is 11.8 Å². The van der Waals surface area contributed by atoms with Crippen LogP contribution in [0.5, 0.6) is 0 Å². The number of aromatic nitrogens is 2. The van der Waals surface area contributed by atoms with Crippen molar-refractivity contribution in [2.24, 2.45) is 0 Å². The van der Waals surface area contributed by atoms with Gasteiger partial charge in [0.15, 0.2) is 0 Å². The number of rotatable bonds is 4. The van der Waals surface area contributed by atoms with E-state index in [9.17, 15) is 9.59 Å². The molecule has 2 rings (SSSR count). The first-order chi connectivity index (χ1) is 8.22. The average molecular weight is 234 g/mol. The van der Waals surface area contributed by atoms with E-state index in [2.05, 4.69) is 15.5 Å². The van der Waals surface area contributed by atoms with Crippen molar-refractivity contribution in [2.45, 2.75) is 25.9 Å². The summed E-state index contributed by atoms with van der Waals surface area (Å²) in [6, 6.07) is 3.17. The van der Waals surface area contributed by atoms with Crippen LogP contribution in [0, 0.1) is 0 Å². The van der Waals surface area contributed by atoms with Crippen LogP contribution in [0.15, 0.2) is 18.3 Å². The van der Waals surface area contributed by atoms with Crippen molar-refractivity contribution in [2.75, 3.05) is 6.54 Å². The van der Waals surface area contributed by atoms with E-state index in [4.69, 9.17) is 0 Å². The fourth-order valence-corrected chi connectivity index (χ4v) is 1.83. The monoisotopic (exact) mass is 234 g/mol. The molecule has 0 aliphatic carbocycles. The molecule has 2 amide bonds. The second kappa shape index (κ2) is 5.01. The lowest BCUT2D eigenvalue weighted by molar-refractivity contribution is -0.138. The molecule has 0 bridgehead atoms. The number of carbonyl (C=O) groups is 2. The molecule has 17 heavy (non-hydrogen) atoms. The van der Waals surface area contributed by atoms with Crippen molar-refractivity contribution in [3.63, 3.8) is 0 Å². The van der Waals surface area contributed by atoms with Gasteiger partial charge in [0.05, 0.1) is 18.2 Å². The predicted molar refractivity (Wildman–Crippen MR) is 59.7 cm³/mol. The Kier molecular flexibility index (Phi) is 3.43. The topological polar surface area (TPSA) is 75.2 Å². The van der Waals surface area contributed by atoms with E-state index in [0.29, 0.717) is 13.1 Å². The molecule has 1 saturated heterocycles. The number of nitrogens with one attached hydrogen (secondary N) is 1. The Hall–Kier alpha value is -1.82. The summed E-state index contributed by atoms with van der Waals surface area (Å²) >= 11 is 0. The zero-order valence-corrected chi connectivity index (χ0v) is 9.59. The van der Waals surface area contributed by atoms with Gasteiger partial charge in [-0.05, 0) is 19.1 Å². The molecule has 1 fully saturated rings. The molecule has 1 aliphatic rings. The van der Waals surface area contributed by atoms with Gasteiger partial charge in [0.1, 0.15) is 0 Å². The molecule has 1 N–H and O–H groups in total. The molecule has 1 aliphatic heterocycles. The summed E-state index contributed by atoms with van der Waals surface area (Å²) in [5, 5.41) is 10.7. The van der Waals surface area contributed by atoms with Crippen LogP contribution < -0.4 is 5.32 Å². The van der Waals surface area contributed by atoms with E-state index in [1.54, 1.807) is 19.2 Å². The number of amides is 2. The minimum atomic E-state index is -0.426. The van der Waals surface area contributed by atoms with Crippen molar-refractivity contribution in [3.05, 3.63) is 24.0 Å². The van der Waals surface area contributed by atoms with Gasteiger partial charge >= 0.3 is 0 Å². The largest absolute Gasteiger partial charge is 0.300 e. The normalized spacial score (nSPS) is 20.1. The molecule has 1 aromatic heterocycles. The SMILES string of the molecule is CCN1C(=O)CC(NCc2cccnn2)C1=O. The highest BCUT2D eigenvalue weighted by atomic mass is 16.2. The minimum Gasteiger partial charge on any atom is -0.300 e. The van der Waals surface area contributed by atoms with Crippen LogP contribution in [0.2, 0.25) is 0 Å². The highest BCUT2D eigenvalue weighted by molar-refractivity contribution is 6.05. The first-order valence-electron chi connectivity index (χ1n) is 5.56. The molecular weight excluding hydrogens is 220 g/mol. The number of likely N-dealkylation sites (tertiary alicyclic amines) is 1. The van der Waals surface area contributed by atoms with Gasteiger partial charge in [-0.1, -0.05) is 0 Å². The maximum atomic E-state index is 11.8. The third-order valence-electron chi connectivity index (χ3n) is 2.72. The van der Waals surface area contributed by atoms with Gasteiger partial charge in [-0.25, -0.2) is 0 Å². The summed E-state index contributed by atoms with van der Waals surface area (Å²) in [4.78, 5) is 24.5. The third kappa shape index (κ3) is 2.47. The van der Waals surface area contributed by atoms with Crippen molar-refractivity contribution >= 4 is 11.8 Å². The molecule has 1 unspecified atom stereocenters. The second-order valence-corrected chi connectivity index (χ2v) is 3.83. The Morgan fingerprint density at radius 3 is 2.94 bits per heavy atom. The quantitative estimate of drug-likeness (QED) is 0.725. The summed E-state index contributed by atoms with van der Waals surface area (Å²) in [5.74, 6) is -0.268. The smallest absolute Gasteiger partial charge is 0.246 e. The van der Waals surface area contributed by atoms with Crippen LogP contribution in [0.25, 0.3) is 0 Å². The highest BCUT2D eigenvalue weighted by Crippen LogP contribution is 2.12. The maximum Gasteiger partial charge on any atom is 0.246 e. The molecule has 6 heteroatoms. The molecule has 6 nitrogen and oxygen atoms in total. The number of nitrogens with zero attached hydrogens (tertiary/aromatic N) is 3. The third-order valence-corrected chi connectivity index (χ3v) is 2.72. The second-order valence-electron chi connectivity index (χ2n) is 3.83. The fourth-order valence-electron chi connectivity index (χ4n) is 1.83. The molecule has 0 aromatic carbocycles. The molecule has 90 valence electrons. The van der Waals surface area contributed by atoms with Gasteiger partial charge in [-0.3, -0.25) is 19.8 Å². The van der Waals surface area contributed by atoms with E-state index in [1.807, 2.05) is 6.07 Å². The molecule has 0 saturated carbocycles.